The van der Waals surface area contributed by atoms with Gasteiger partial charge < -0.3 is 0 Å². The van der Waals surface area contributed by atoms with Crippen LogP contribution in [0.5, 0.6) is 0 Å². The van der Waals surface area contributed by atoms with Crippen molar-refractivity contribution in [3.8, 4) is 6.07 Å². The van der Waals surface area contributed by atoms with Gasteiger partial charge in [-0.25, -0.2) is 0 Å². The highest BCUT2D eigenvalue weighted by Crippen LogP contribution is 2.31. The first-order valence-electron chi connectivity index (χ1n) is 7.16. The zero-order valence-corrected chi connectivity index (χ0v) is 12.4. The molecule has 1 atom stereocenters. The molecule has 1 saturated carbocycles. The van der Waals surface area contributed by atoms with Gasteiger partial charge in [-0.3, -0.25) is 0 Å². The average molecular weight is 285 g/mol. The molecule has 0 aromatic rings. The first-order chi connectivity index (χ1) is 9.04. The third-order valence-corrected chi connectivity index (χ3v) is 5.87. The summed E-state index contributed by atoms with van der Waals surface area (Å²) in [6, 6.07) is 2.05. The largest absolute Gasteiger partial charge is 0.282 e. The smallest absolute Gasteiger partial charge is 0.198 e. The molecule has 0 aromatic heterocycles. The summed E-state index contributed by atoms with van der Waals surface area (Å²) >= 11 is 0. The van der Waals surface area contributed by atoms with Crippen LogP contribution in [0.2, 0.25) is 0 Å². The van der Waals surface area contributed by atoms with Gasteiger partial charge in [0.15, 0.2) is 0 Å². The number of piperidine rings is 1. The van der Waals surface area contributed by atoms with Gasteiger partial charge in [0.2, 0.25) is 0 Å². The van der Waals surface area contributed by atoms with Crippen molar-refractivity contribution in [3.05, 3.63) is 0 Å². The van der Waals surface area contributed by atoms with Crippen molar-refractivity contribution in [3.63, 3.8) is 0 Å². The molecular formula is C13H23N3O2S. The molecule has 0 radical (unpaired) electrons. The Morgan fingerprint density at radius 2 is 2.11 bits per heavy atom. The minimum atomic E-state index is -3.37. The Kier molecular flexibility index (Phi) is 4.82. The summed E-state index contributed by atoms with van der Waals surface area (Å²) in [7, 11) is -3.37. The van der Waals surface area contributed by atoms with Gasteiger partial charge in [-0.15, -0.1) is 0 Å². The highest BCUT2D eigenvalue weighted by atomic mass is 32.2. The number of rotatable bonds is 6. The minimum absolute atomic E-state index is 0.273. The molecule has 0 bridgehead atoms. The maximum Gasteiger partial charge on any atom is 0.282 e. The molecule has 2 aliphatic rings. The first-order valence-corrected chi connectivity index (χ1v) is 8.56. The van der Waals surface area contributed by atoms with Gasteiger partial charge in [-0.05, 0) is 37.5 Å². The third kappa shape index (κ3) is 3.91. The molecule has 0 spiro atoms. The topological polar surface area (TPSA) is 64.4 Å². The van der Waals surface area contributed by atoms with E-state index in [0.29, 0.717) is 38.0 Å². The zero-order chi connectivity index (χ0) is 13.9. The monoisotopic (exact) mass is 285 g/mol. The molecule has 0 unspecified atom stereocenters. The minimum Gasteiger partial charge on any atom is -0.198 e. The highest BCUT2D eigenvalue weighted by Gasteiger charge is 2.35. The molecule has 6 heteroatoms. The Bertz CT molecular complexity index is 439. The summed E-state index contributed by atoms with van der Waals surface area (Å²) < 4.78 is 28.4. The molecule has 1 aliphatic carbocycles. The zero-order valence-electron chi connectivity index (χ0n) is 11.6. The van der Waals surface area contributed by atoms with Crippen molar-refractivity contribution in [1.29, 1.82) is 5.26 Å². The lowest BCUT2D eigenvalue weighted by Crippen LogP contribution is -2.48. The number of nitrogens with zero attached hydrogens (tertiary/aromatic N) is 3. The van der Waals surface area contributed by atoms with Gasteiger partial charge in [-0.2, -0.15) is 22.3 Å². The van der Waals surface area contributed by atoms with E-state index in [9.17, 15) is 8.42 Å². The molecule has 108 valence electrons. The van der Waals surface area contributed by atoms with Crippen molar-refractivity contribution in [2.75, 3.05) is 26.2 Å². The van der Waals surface area contributed by atoms with E-state index in [2.05, 4.69) is 13.0 Å². The molecule has 2 rings (SSSR count). The number of hydrogen-bond acceptors (Lipinski definition) is 3. The van der Waals surface area contributed by atoms with Crippen LogP contribution in [-0.2, 0) is 10.2 Å². The van der Waals surface area contributed by atoms with Crippen LogP contribution >= 0.6 is 0 Å². The molecule has 1 aliphatic heterocycles. The van der Waals surface area contributed by atoms with Crippen LogP contribution in [0.15, 0.2) is 0 Å². The fraction of sp³-hybridized carbons (Fsp3) is 0.923. The standard InChI is InChI=1S/C13H23N3O2S/c1-12-4-2-8-15(10-12)19(17,18)16(9-3-7-14)11-13-5-6-13/h12-13H,2-6,8-11H2,1H3/t12-/m0/s1. The first kappa shape index (κ1) is 14.8. The quantitative estimate of drug-likeness (QED) is 0.744. The van der Waals surface area contributed by atoms with Crippen molar-refractivity contribution in [1.82, 2.24) is 8.61 Å². The third-order valence-electron chi connectivity index (χ3n) is 3.90. The lowest BCUT2D eigenvalue weighted by molar-refractivity contribution is 0.256. The van der Waals surface area contributed by atoms with E-state index >= 15 is 0 Å². The molecule has 0 N–H and O–H groups in total. The molecule has 0 amide bonds. The lowest BCUT2D eigenvalue weighted by Gasteiger charge is -2.34. The summed E-state index contributed by atoms with van der Waals surface area (Å²) in [5, 5.41) is 8.70. The Morgan fingerprint density at radius 1 is 1.37 bits per heavy atom. The Balaban J connectivity index is 2.05. The molecule has 2 fully saturated rings. The van der Waals surface area contributed by atoms with Crippen LogP contribution in [0, 0.1) is 23.2 Å². The Labute approximate surface area is 116 Å². The van der Waals surface area contributed by atoms with Gasteiger partial charge in [0.05, 0.1) is 6.07 Å². The fourth-order valence-corrected chi connectivity index (χ4v) is 4.43. The molecule has 5 nitrogen and oxygen atoms in total. The van der Waals surface area contributed by atoms with Crippen molar-refractivity contribution >= 4 is 10.2 Å². The van der Waals surface area contributed by atoms with E-state index in [4.69, 9.17) is 5.26 Å². The van der Waals surface area contributed by atoms with E-state index in [0.717, 1.165) is 25.7 Å². The maximum atomic E-state index is 12.6. The van der Waals surface area contributed by atoms with Gasteiger partial charge in [0.25, 0.3) is 10.2 Å². The van der Waals surface area contributed by atoms with Gasteiger partial charge >= 0.3 is 0 Å². The van der Waals surface area contributed by atoms with E-state index in [1.807, 2.05) is 0 Å². The lowest BCUT2D eigenvalue weighted by atomic mass is 10.0. The number of nitriles is 1. The summed E-state index contributed by atoms with van der Waals surface area (Å²) in [6.07, 6.45) is 4.56. The van der Waals surface area contributed by atoms with Crippen molar-refractivity contribution < 1.29 is 8.42 Å². The van der Waals surface area contributed by atoms with E-state index < -0.39 is 10.2 Å². The van der Waals surface area contributed by atoms with E-state index in [1.54, 1.807) is 4.31 Å². The van der Waals surface area contributed by atoms with Crippen LogP contribution in [0.4, 0.5) is 0 Å². The molecule has 1 saturated heterocycles. The Morgan fingerprint density at radius 3 is 2.68 bits per heavy atom. The van der Waals surface area contributed by atoms with Crippen LogP contribution in [0.25, 0.3) is 0 Å². The van der Waals surface area contributed by atoms with Gasteiger partial charge in [0.1, 0.15) is 0 Å². The van der Waals surface area contributed by atoms with Gasteiger partial charge in [0, 0.05) is 32.6 Å². The SMILES string of the molecule is C[C@H]1CCCN(S(=O)(=O)N(CCC#N)CC2CC2)C1. The molecule has 0 aromatic carbocycles. The van der Waals surface area contributed by atoms with E-state index in [1.165, 1.54) is 4.31 Å². The number of hydrogen-bond donors (Lipinski definition) is 0. The van der Waals surface area contributed by atoms with Crippen molar-refractivity contribution in [2.24, 2.45) is 11.8 Å². The van der Waals surface area contributed by atoms with Crippen LogP contribution in [-0.4, -0.2) is 43.2 Å². The highest BCUT2D eigenvalue weighted by molar-refractivity contribution is 7.86. The maximum absolute atomic E-state index is 12.6. The average Bonchev–Trinajstić information content (AvgIpc) is 3.18. The Hall–Kier alpha value is -0.640. The molecule has 1 heterocycles. The second-order valence-corrected chi connectivity index (χ2v) is 7.75. The summed E-state index contributed by atoms with van der Waals surface area (Å²) in [6.45, 7) is 4.27. The van der Waals surface area contributed by atoms with Crippen LogP contribution < -0.4 is 0 Å². The predicted octanol–water partition coefficient (Wildman–Crippen LogP) is 1.59. The van der Waals surface area contributed by atoms with Crippen molar-refractivity contribution in [2.45, 2.75) is 39.0 Å². The summed E-state index contributed by atoms with van der Waals surface area (Å²) in [4.78, 5) is 0. The molecular weight excluding hydrogens is 262 g/mol. The fourth-order valence-electron chi connectivity index (χ4n) is 2.58. The second-order valence-electron chi connectivity index (χ2n) is 5.82. The summed E-state index contributed by atoms with van der Waals surface area (Å²) in [5.41, 5.74) is 0. The van der Waals surface area contributed by atoms with E-state index in [-0.39, 0.29) is 6.42 Å². The van der Waals surface area contributed by atoms with Crippen LogP contribution in [0.1, 0.15) is 39.0 Å². The second kappa shape index (κ2) is 6.21. The predicted molar refractivity (Wildman–Crippen MR) is 73.4 cm³/mol. The normalized spacial score (nSPS) is 25.4. The van der Waals surface area contributed by atoms with Gasteiger partial charge in [-0.1, -0.05) is 6.92 Å². The van der Waals surface area contributed by atoms with Crippen LogP contribution in [0.3, 0.4) is 0 Å². The summed E-state index contributed by atoms with van der Waals surface area (Å²) in [5.74, 6) is 0.943. The molecule has 19 heavy (non-hydrogen) atoms.